The highest BCUT2D eigenvalue weighted by Gasteiger charge is 2.41. The van der Waals surface area contributed by atoms with Gasteiger partial charge in [0, 0.05) is 7.11 Å². The van der Waals surface area contributed by atoms with Gasteiger partial charge in [-0.25, -0.2) is 0 Å². The Labute approximate surface area is 80.9 Å². The number of hydrogen-bond acceptors (Lipinski definition) is 3. The Kier molecular flexibility index (Phi) is 3.35. The number of halogens is 2. The predicted molar refractivity (Wildman–Crippen MR) is 45.6 cm³/mol. The van der Waals surface area contributed by atoms with Crippen molar-refractivity contribution in [2.45, 2.75) is 30.1 Å². The lowest BCUT2D eigenvalue weighted by atomic mass is 10.1. The van der Waals surface area contributed by atoms with Crippen LogP contribution in [0.5, 0.6) is 0 Å². The van der Waals surface area contributed by atoms with Crippen molar-refractivity contribution in [1.29, 1.82) is 0 Å². The maximum atomic E-state index is 11.2. The minimum atomic E-state index is -0.722. The predicted octanol–water partition coefficient (Wildman–Crippen LogP) is 1.16. The molecule has 0 aromatic carbocycles. The first-order valence-electron chi connectivity index (χ1n) is 3.58. The lowest BCUT2D eigenvalue weighted by Gasteiger charge is -2.32. The van der Waals surface area contributed by atoms with E-state index in [9.17, 15) is 4.79 Å². The van der Waals surface area contributed by atoms with E-state index in [0.29, 0.717) is 0 Å². The summed E-state index contributed by atoms with van der Waals surface area (Å²) >= 11 is 11.5. The largest absolute Gasteiger partial charge is 0.354 e. The summed E-state index contributed by atoms with van der Waals surface area (Å²) in [5.74, 6) is -0.190. The van der Waals surface area contributed by atoms with Gasteiger partial charge < -0.3 is 9.47 Å². The Bertz CT molecular complexity index is 185. The molecule has 1 aliphatic heterocycles. The van der Waals surface area contributed by atoms with Crippen LogP contribution >= 0.6 is 23.2 Å². The first-order valence-corrected chi connectivity index (χ1v) is 4.45. The van der Waals surface area contributed by atoms with Crippen molar-refractivity contribution in [3.05, 3.63) is 0 Å². The van der Waals surface area contributed by atoms with Gasteiger partial charge in [0.05, 0.1) is 0 Å². The van der Waals surface area contributed by atoms with E-state index in [4.69, 9.17) is 32.7 Å². The fourth-order valence-corrected chi connectivity index (χ4v) is 1.63. The zero-order valence-corrected chi connectivity index (χ0v) is 8.30. The second kappa shape index (κ2) is 3.92. The van der Waals surface area contributed by atoms with E-state index in [1.165, 1.54) is 7.11 Å². The molecule has 0 N–H and O–H groups in total. The van der Waals surface area contributed by atoms with E-state index >= 15 is 0 Å². The molecule has 0 bridgehead atoms. The molecule has 0 spiro atoms. The van der Waals surface area contributed by atoms with Crippen molar-refractivity contribution in [1.82, 2.24) is 0 Å². The average Bonchev–Trinajstić information content (AvgIpc) is 2.08. The molecule has 3 nitrogen and oxygen atoms in total. The summed E-state index contributed by atoms with van der Waals surface area (Å²) in [7, 11) is 1.46. The number of methoxy groups -OCH3 is 1. The van der Waals surface area contributed by atoms with Crippen LogP contribution in [0.4, 0.5) is 0 Å². The maximum absolute atomic E-state index is 11.2. The third-order valence-corrected chi connectivity index (χ3v) is 2.86. The summed E-state index contributed by atoms with van der Waals surface area (Å²) in [5.41, 5.74) is 0. The number of carbonyl (C=O) groups is 1. The molecule has 0 radical (unpaired) electrons. The van der Waals surface area contributed by atoms with E-state index in [-0.39, 0.29) is 5.78 Å². The summed E-state index contributed by atoms with van der Waals surface area (Å²) in [4.78, 5) is 11.2. The van der Waals surface area contributed by atoms with E-state index < -0.39 is 23.1 Å². The van der Waals surface area contributed by atoms with Gasteiger partial charge in [0.2, 0.25) is 0 Å². The second-order valence-corrected chi connectivity index (χ2v) is 3.61. The molecule has 0 saturated carbocycles. The van der Waals surface area contributed by atoms with E-state index in [1.807, 2.05) is 0 Å². The van der Waals surface area contributed by atoms with Gasteiger partial charge in [-0.15, -0.1) is 23.2 Å². The third kappa shape index (κ3) is 1.74. The highest BCUT2D eigenvalue weighted by Crippen LogP contribution is 2.26. The number of carbonyl (C=O) groups excluding carboxylic acids is 1. The van der Waals surface area contributed by atoms with Crippen LogP contribution in [0, 0.1) is 0 Å². The molecular weight excluding hydrogens is 203 g/mol. The Morgan fingerprint density at radius 2 is 2.08 bits per heavy atom. The van der Waals surface area contributed by atoms with Gasteiger partial charge in [-0.05, 0) is 6.92 Å². The van der Waals surface area contributed by atoms with Crippen molar-refractivity contribution < 1.29 is 14.3 Å². The third-order valence-electron chi connectivity index (χ3n) is 1.78. The highest BCUT2D eigenvalue weighted by atomic mass is 35.5. The molecule has 0 amide bonds. The van der Waals surface area contributed by atoms with Gasteiger partial charge in [0.25, 0.3) is 0 Å². The molecule has 1 heterocycles. The molecule has 4 atom stereocenters. The van der Waals surface area contributed by atoms with E-state index in [0.717, 1.165) is 0 Å². The molecular formula is C7H10Cl2O3. The van der Waals surface area contributed by atoms with Crippen LogP contribution in [0.1, 0.15) is 6.92 Å². The van der Waals surface area contributed by atoms with Crippen LogP contribution in [0.15, 0.2) is 0 Å². The van der Waals surface area contributed by atoms with Crippen LogP contribution in [0.2, 0.25) is 0 Å². The number of ketones is 1. The fraction of sp³-hybridized carbons (Fsp3) is 0.857. The Morgan fingerprint density at radius 3 is 2.58 bits per heavy atom. The van der Waals surface area contributed by atoms with Crippen LogP contribution < -0.4 is 0 Å². The summed E-state index contributed by atoms with van der Waals surface area (Å²) in [6.07, 6.45) is -1.13. The van der Waals surface area contributed by atoms with Crippen LogP contribution in [0.3, 0.4) is 0 Å². The number of ether oxygens (including phenoxy) is 2. The van der Waals surface area contributed by atoms with Crippen molar-refractivity contribution >= 4 is 29.0 Å². The standard InChI is InChI=1S/C7H10Cl2O3/c1-3-6(10)4(8)5(9)7(11-2)12-3/h3-5,7H,1-2H3. The second-order valence-electron chi connectivity index (χ2n) is 2.63. The Morgan fingerprint density at radius 1 is 1.50 bits per heavy atom. The molecule has 0 aromatic heterocycles. The van der Waals surface area contributed by atoms with Gasteiger partial charge in [0.15, 0.2) is 12.1 Å². The topological polar surface area (TPSA) is 35.5 Å². The molecule has 0 aliphatic carbocycles. The van der Waals surface area contributed by atoms with Crippen LogP contribution in [-0.2, 0) is 14.3 Å². The number of Topliss-reactive ketones (excluding diaryl/α,β-unsaturated/α-hetero) is 1. The molecule has 0 aromatic rings. The highest BCUT2D eigenvalue weighted by molar-refractivity contribution is 6.38. The molecule has 1 saturated heterocycles. The van der Waals surface area contributed by atoms with Gasteiger partial charge >= 0.3 is 0 Å². The molecule has 5 heteroatoms. The first-order chi connectivity index (χ1) is 5.57. The summed E-state index contributed by atoms with van der Waals surface area (Å²) in [5, 5.41) is -1.33. The quantitative estimate of drug-likeness (QED) is 0.613. The normalized spacial score (nSPS) is 43.2. The monoisotopic (exact) mass is 212 g/mol. The van der Waals surface area contributed by atoms with Crippen LogP contribution in [-0.4, -0.2) is 36.0 Å². The number of rotatable bonds is 1. The van der Waals surface area contributed by atoms with Gasteiger partial charge in [-0.3, -0.25) is 4.79 Å². The molecule has 1 rings (SSSR count). The Hall–Kier alpha value is 0.170. The molecule has 70 valence electrons. The first kappa shape index (κ1) is 10.3. The molecule has 1 fully saturated rings. The average molecular weight is 213 g/mol. The van der Waals surface area contributed by atoms with E-state index in [1.54, 1.807) is 6.92 Å². The maximum Gasteiger partial charge on any atom is 0.180 e. The molecule has 4 unspecified atom stereocenters. The molecule has 12 heavy (non-hydrogen) atoms. The number of alkyl halides is 2. The fourth-order valence-electron chi connectivity index (χ4n) is 1.05. The Balaban J connectivity index is 2.70. The van der Waals surface area contributed by atoms with Crippen molar-refractivity contribution in [2.75, 3.05) is 7.11 Å². The summed E-state index contributed by atoms with van der Waals surface area (Å²) < 4.78 is 10.0. The minimum Gasteiger partial charge on any atom is -0.354 e. The summed E-state index contributed by atoms with van der Waals surface area (Å²) in [6, 6.07) is 0. The van der Waals surface area contributed by atoms with Gasteiger partial charge in [0.1, 0.15) is 16.9 Å². The van der Waals surface area contributed by atoms with Gasteiger partial charge in [-0.1, -0.05) is 0 Å². The lowest BCUT2D eigenvalue weighted by molar-refractivity contribution is -0.179. The zero-order chi connectivity index (χ0) is 9.30. The lowest BCUT2D eigenvalue weighted by Crippen LogP contribution is -2.49. The molecule has 1 aliphatic rings. The van der Waals surface area contributed by atoms with E-state index in [2.05, 4.69) is 0 Å². The SMILES string of the molecule is COC1OC(C)C(=O)C(Cl)C1Cl. The smallest absolute Gasteiger partial charge is 0.180 e. The zero-order valence-electron chi connectivity index (χ0n) is 6.79. The van der Waals surface area contributed by atoms with Crippen molar-refractivity contribution in [3.63, 3.8) is 0 Å². The summed E-state index contributed by atoms with van der Waals surface area (Å²) in [6.45, 7) is 1.63. The van der Waals surface area contributed by atoms with Gasteiger partial charge in [-0.2, -0.15) is 0 Å². The minimum absolute atomic E-state index is 0.190. The van der Waals surface area contributed by atoms with Crippen molar-refractivity contribution in [3.8, 4) is 0 Å². The number of hydrogen-bond donors (Lipinski definition) is 0. The van der Waals surface area contributed by atoms with Crippen LogP contribution in [0.25, 0.3) is 0 Å². The van der Waals surface area contributed by atoms with Crippen molar-refractivity contribution in [2.24, 2.45) is 0 Å².